The number of nitrogens with one attached hydrogen (secondary N) is 4. The third-order valence-corrected chi connectivity index (χ3v) is 2.89. The van der Waals surface area contributed by atoms with Gasteiger partial charge in [-0.2, -0.15) is 0 Å². The van der Waals surface area contributed by atoms with E-state index in [2.05, 4.69) is 20.6 Å². The minimum atomic E-state index is -0.790. The molecule has 0 aliphatic rings. The molecule has 4 N–H and O–H groups in total. The number of rotatable bonds is 2. The molecule has 0 fully saturated rings. The van der Waals surface area contributed by atoms with Crippen LogP contribution < -0.4 is 16.3 Å². The fourth-order valence-electron chi connectivity index (χ4n) is 2.03. The summed E-state index contributed by atoms with van der Waals surface area (Å²) < 4.78 is 26.1. The Hall–Kier alpha value is -3.16. The van der Waals surface area contributed by atoms with Gasteiger partial charge in [0.25, 0.3) is 0 Å². The Bertz CT molecular complexity index is 896. The molecule has 6 nitrogen and oxygen atoms in total. The number of aromatic amines is 2. The van der Waals surface area contributed by atoms with Crippen molar-refractivity contribution in [3.8, 4) is 0 Å². The van der Waals surface area contributed by atoms with Crippen LogP contribution >= 0.6 is 0 Å². The maximum atomic E-state index is 13.0. The highest BCUT2D eigenvalue weighted by Crippen LogP contribution is 2.16. The summed E-state index contributed by atoms with van der Waals surface area (Å²) in [4.78, 5) is 28.1. The van der Waals surface area contributed by atoms with Crippen LogP contribution in [0.5, 0.6) is 0 Å². The van der Waals surface area contributed by atoms with Gasteiger partial charge >= 0.3 is 11.7 Å². The minimum absolute atomic E-state index is 0.00821. The molecule has 0 radical (unpaired) electrons. The van der Waals surface area contributed by atoms with Crippen LogP contribution in [0.1, 0.15) is 0 Å². The zero-order chi connectivity index (χ0) is 15.7. The number of halogens is 2. The third kappa shape index (κ3) is 2.95. The van der Waals surface area contributed by atoms with Gasteiger partial charge < -0.3 is 20.6 Å². The summed E-state index contributed by atoms with van der Waals surface area (Å²) in [6, 6.07) is 6.79. The number of aromatic nitrogens is 2. The predicted octanol–water partition coefficient (Wildman–Crippen LogP) is 2.78. The van der Waals surface area contributed by atoms with Crippen molar-refractivity contribution in [1.29, 1.82) is 0 Å². The van der Waals surface area contributed by atoms with Crippen molar-refractivity contribution in [2.75, 3.05) is 10.6 Å². The van der Waals surface area contributed by atoms with Crippen LogP contribution in [-0.2, 0) is 0 Å². The van der Waals surface area contributed by atoms with E-state index in [9.17, 15) is 18.4 Å². The van der Waals surface area contributed by atoms with E-state index in [0.717, 1.165) is 12.1 Å². The molecule has 2 aromatic carbocycles. The van der Waals surface area contributed by atoms with Crippen LogP contribution in [0.3, 0.4) is 0 Å². The molecule has 2 amide bonds. The Labute approximate surface area is 122 Å². The van der Waals surface area contributed by atoms with Crippen molar-refractivity contribution in [2.45, 2.75) is 0 Å². The molecule has 112 valence electrons. The predicted molar refractivity (Wildman–Crippen MR) is 77.9 cm³/mol. The zero-order valence-electron chi connectivity index (χ0n) is 11.0. The number of imidazole rings is 1. The molecule has 3 aromatic rings. The van der Waals surface area contributed by atoms with Gasteiger partial charge in [-0.25, -0.2) is 18.4 Å². The molecule has 0 saturated carbocycles. The summed E-state index contributed by atoms with van der Waals surface area (Å²) in [7, 11) is 0. The van der Waals surface area contributed by atoms with Gasteiger partial charge in [0.05, 0.1) is 11.0 Å². The first kappa shape index (κ1) is 13.8. The average molecular weight is 304 g/mol. The Kier molecular flexibility index (Phi) is 3.34. The molecule has 1 aromatic heterocycles. The molecule has 0 spiro atoms. The summed E-state index contributed by atoms with van der Waals surface area (Å²) in [6.45, 7) is 0. The summed E-state index contributed by atoms with van der Waals surface area (Å²) >= 11 is 0. The zero-order valence-corrected chi connectivity index (χ0v) is 11.0. The van der Waals surface area contributed by atoms with E-state index in [1.807, 2.05) is 0 Å². The number of anilines is 2. The molecule has 0 unspecified atom stereocenters. The fourth-order valence-corrected chi connectivity index (χ4v) is 2.03. The van der Waals surface area contributed by atoms with E-state index in [0.29, 0.717) is 22.8 Å². The fraction of sp³-hybridized carbons (Fsp3) is 0. The summed E-state index contributed by atoms with van der Waals surface area (Å²) in [6.07, 6.45) is 0. The third-order valence-electron chi connectivity index (χ3n) is 2.89. The van der Waals surface area contributed by atoms with Crippen LogP contribution in [0.2, 0.25) is 0 Å². The number of carbonyl (C=O) groups excluding carboxylic acids is 1. The Morgan fingerprint density at radius 3 is 2.23 bits per heavy atom. The van der Waals surface area contributed by atoms with Crippen molar-refractivity contribution in [2.24, 2.45) is 0 Å². The molecule has 1 heterocycles. The minimum Gasteiger partial charge on any atom is -0.308 e. The Balaban J connectivity index is 1.76. The number of hydrogen-bond donors (Lipinski definition) is 4. The maximum Gasteiger partial charge on any atom is 0.323 e. The first-order chi connectivity index (χ1) is 10.5. The standard InChI is InChI=1S/C14H10F2N4O2/c15-7-3-8(16)5-10(4-7)18-13(21)17-9-1-2-11-12(6-9)20-14(22)19-11/h1-6H,(H2,17,18,21)(H2,19,20,22). The van der Waals surface area contributed by atoms with Gasteiger partial charge in [-0.15, -0.1) is 0 Å². The van der Waals surface area contributed by atoms with E-state index < -0.39 is 17.7 Å². The molecule has 8 heteroatoms. The van der Waals surface area contributed by atoms with Crippen molar-refractivity contribution in [1.82, 2.24) is 9.97 Å². The second-order valence-corrected chi connectivity index (χ2v) is 4.58. The van der Waals surface area contributed by atoms with Crippen LogP contribution in [0.4, 0.5) is 25.0 Å². The van der Waals surface area contributed by atoms with E-state index in [1.54, 1.807) is 18.2 Å². The van der Waals surface area contributed by atoms with Crippen LogP contribution in [0.25, 0.3) is 11.0 Å². The lowest BCUT2D eigenvalue weighted by Crippen LogP contribution is -2.19. The average Bonchev–Trinajstić information content (AvgIpc) is 2.76. The van der Waals surface area contributed by atoms with E-state index in [-0.39, 0.29) is 11.4 Å². The Morgan fingerprint density at radius 1 is 0.864 bits per heavy atom. The second kappa shape index (κ2) is 5.32. The lowest BCUT2D eigenvalue weighted by atomic mass is 10.3. The number of H-pyrrole nitrogens is 2. The number of hydrogen-bond acceptors (Lipinski definition) is 2. The number of fused-ring (bicyclic) bond motifs is 1. The smallest absolute Gasteiger partial charge is 0.308 e. The van der Waals surface area contributed by atoms with Crippen molar-refractivity contribution < 1.29 is 13.6 Å². The van der Waals surface area contributed by atoms with Gasteiger partial charge in [0.1, 0.15) is 11.6 Å². The monoisotopic (exact) mass is 304 g/mol. The van der Waals surface area contributed by atoms with Gasteiger partial charge in [-0.3, -0.25) is 0 Å². The largest absolute Gasteiger partial charge is 0.323 e. The highest BCUT2D eigenvalue weighted by atomic mass is 19.1. The van der Waals surface area contributed by atoms with Crippen LogP contribution in [0, 0.1) is 11.6 Å². The molecule has 0 bridgehead atoms. The van der Waals surface area contributed by atoms with Crippen molar-refractivity contribution >= 4 is 28.4 Å². The van der Waals surface area contributed by atoms with Gasteiger partial charge in [0.15, 0.2) is 0 Å². The molecule has 3 rings (SSSR count). The van der Waals surface area contributed by atoms with Gasteiger partial charge in [0.2, 0.25) is 0 Å². The van der Waals surface area contributed by atoms with Gasteiger partial charge in [0, 0.05) is 17.4 Å². The normalized spacial score (nSPS) is 10.6. The number of amides is 2. The number of urea groups is 1. The SMILES string of the molecule is O=C(Nc1cc(F)cc(F)c1)Nc1ccc2[nH]c(=O)[nH]c2c1. The van der Waals surface area contributed by atoms with E-state index >= 15 is 0 Å². The number of carbonyl (C=O) groups is 1. The van der Waals surface area contributed by atoms with Crippen molar-refractivity contribution in [3.05, 3.63) is 58.5 Å². The second-order valence-electron chi connectivity index (χ2n) is 4.58. The highest BCUT2D eigenvalue weighted by molar-refractivity contribution is 6.00. The molecule has 0 aliphatic carbocycles. The van der Waals surface area contributed by atoms with Crippen molar-refractivity contribution in [3.63, 3.8) is 0 Å². The first-order valence-electron chi connectivity index (χ1n) is 6.26. The summed E-state index contributed by atoms with van der Waals surface area (Å²) in [5.41, 5.74) is 1.18. The quantitative estimate of drug-likeness (QED) is 0.586. The lowest BCUT2D eigenvalue weighted by molar-refractivity contribution is 0.262. The number of benzene rings is 2. The van der Waals surface area contributed by atoms with Crippen LogP contribution in [-0.4, -0.2) is 16.0 Å². The summed E-state index contributed by atoms with van der Waals surface area (Å²) in [5.74, 6) is -1.58. The lowest BCUT2D eigenvalue weighted by Gasteiger charge is -2.08. The molecule has 0 aliphatic heterocycles. The Morgan fingerprint density at radius 2 is 1.50 bits per heavy atom. The maximum absolute atomic E-state index is 13.0. The molecule has 0 saturated heterocycles. The van der Waals surface area contributed by atoms with Gasteiger partial charge in [-0.05, 0) is 30.3 Å². The van der Waals surface area contributed by atoms with E-state index in [4.69, 9.17) is 0 Å². The topological polar surface area (TPSA) is 89.8 Å². The van der Waals surface area contributed by atoms with E-state index in [1.165, 1.54) is 0 Å². The van der Waals surface area contributed by atoms with Crippen LogP contribution in [0.15, 0.2) is 41.2 Å². The first-order valence-corrected chi connectivity index (χ1v) is 6.26. The molecular weight excluding hydrogens is 294 g/mol. The molecular formula is C14H10F2N4O2. The molecule has 0 atom stereocenters. The highest BCUT2D eigenvalue weighted by Gasteiger charge is 2.07. The van der Waals surface area contributed by atoms with Gasteiger partial charge in [-0.1, -0.05) is 0 Å². The molecule has 22 heavy (non-hydrogen) atoms. The summed E-state index contributed by atoms with van der Waals surface area (Å²) in [5, 5.41) is 4.82.